The number of aliphatic hydroxyl groups excluding tert-OH is 1. The van der Waals surface area contributed by atoms with Crippen molar-refractivity contribution < 1.29 is 9.84 Å². The smallest absolute Gasteiger partial charge is 0.120 e. The van der Waals surface area contributed by atoms with E-state index in [0.29, 0.717) is 12.4 Å². The molecule has 0 aromatic heterocycles. The van der Waals surface area contributed by atoms with E-state index in [-0.39, 0.29) is 0 Å². The summed E-state index contributed by atoms with van der Waals surface area (Å²) < 4.78 is 6.62. The maximum absolute atomic E-state index is 10.5. The van der Waals surface area contributed by atoms with Gasteiger partial charge in [-0.2, -0.15) is 0 Å². The Hall–Kier alpha value is -1.76. The Bertz CT molecular complexity index is 672. The number of rotatable bonds is 5. The van der Waals surface area contributed by atoms with Gasteiger partial charge < -0.3 is 9.84 Å². The monoisotopic (exact) mass is 358 g/mol. The highest BCUT2D eigenvalue weighted by Crippen LogP contribution is 2.38. The zero-order valence-electron chi connectivity index (χ0n) is 12.7. The number of halogens is 1. The summed E-state index contributed by atoms with van der Waals surface area (Å²) in [5.74, 6) is 3.34. The second kappa shape index (κ2) is 7.00. The number of benzene rings is 2. The quantitative estimate of drug-likeness (QED) is 0.783. The van der Waals surface area contributed by atoms with Crippen molar-refractivity contribution in [2.24, 2.45) is 5.41 Å². The third-order valence-electron chi connectivity index (χ3n) is 3.57. The van der Waals surface area contributed by atoms with E-state index in [1.165, 1.54) is 0 Å². The van der Waals surface area contributed by atoms with Crippen molar-refractivity contribution in [3.05, 3.63) is 64.1 Å². The van der Waals surface area contributed by atoms with Gasteiger partial charge in [0, 0.05) is 4.47 Å². The molecule has 0 heterocycles. The van der Waals surface area contributed by atoms with E-state index < -0.39 is 11.5 Å². The van der Waals surface area contributed by atoms with Gasteiger partial charge in [-0.15, -0.1) is 6.42 Å². The van der Waals surface area contributed by atoms with Crippen molar-refractivity contribution in [3.63, 3.8) is 0 Å². The first-order chi connectivity index (χ1) is 10.4. The molecular formula is C19H19BrO2. The average Bonchev–Trinajstić information content (AvgIpc) is 2.54. The Morgan fingerprint density at radius 3 is 2.55 bits per heavy atom. The van der Waals surface area contributed by atoms with Crippen LogP contribution in [0.15, 0.2) is 53.0 Å². The van der Waals surface area contributed by atoms with E-state index >= 15 is 0 Å². The highest BCUT2D eigenvalue weighted by molar-refractivity contribution is 9.10. The molecule has 0 aliphatic carbocycles. The van der Waals surface area contributed by atoms with Crippen LogP contribution in [0.5, 0.6) is 5.75 Å². The van der Waals surface area contributed by atoms with Crippen molar-refractivity contribution in [2.45, 2.75) is 26.6 Å². The molecule has 114 valence electrons. The Morgan fingerprint density at radius 2 is 1.91 bits per heavy atom. The number of hydrogen-bond donors (Lipinski definition) is 1. The topological polar surface area (TPSA) is 29.5 Å². The van der Waals surface area contributed by atoms with Crippen LogP contribution >= 0.6 is 15.9 Å². The molecule has 1 unspecified atom stereocenters. The van der Waals surface area contributed by atoms with Gasteiger partial charge in [-0.1, -0.05) is 52.2 Å². The summed E-state index contributed by atoms with van der Waals surface area (Å²) in [6.45, 7) is 4.15. The van der Waals surface area contributed by atoms with Gasteiger partial charge in [-0.3, -0.25) is 0 Å². The standard InChI is InChI=1S/C19H19BrO2/c1-4-19(2,3)18(21)16-12-15(10-11-17(16)20)22-13-14-8-6-5-7-9-14/h1,5-12,18,21H,13H2,2-3H3. The van der Waals surface area contributed by atoms with Gasteiger partial charge in [0.2, 0.25) is 0 Å². The molecule has 2 aromatic carbocycles. The molecule has 2 rings (SSSR count). The lowest BCUT2D eigenvalue weighted by molar-refractivity contribution is 0.0872. The molecule has 0 fully saturated rings. The summed E-state index contributed by atoms with van der Waals surface area (Å²) in [5, 5.41) is 10.5. The molecule has 1 N–H and O–H groups in total. The number of hydrogen-bond acceptors (Lipinski definition) is 2. The second-order valence-electron chi connectivity index (χ2n) is 5.73. The fraction of sp³-hybridized carbons (Fsp3) is 0.263. The van der Waals surface area contributed by atoms with Crippen LogP contribution in [0.2, 0.25) is 0 Å². The van der Waals surface area contributed by atoms with Crippen molar-refractivity contribution in [1.82, 2.24) is 0 Å². The lowest BCUT2D eigenvalue weighted by Gasteiger charge is -2.26. The van der Waals surface area contributed by atoms with E-state index in [1.54, 1.807) is 0 Å². The van der Waals surface area contributed by atoms with Gasteiger partial charge in [-0.25, -0.2) is 0 Å². The molecule has 22 heavy (non-hydrogen) atoms. The summed E-state index contributed by atoms with van der Waals surface area (Å²) in [6.07, 6.45) is 4.74. The summed E-state index contributed by atoms with van der Waals surface area (Å²) in [4.78, 5) is 0. The van der Waals surface area contributed by atoms with Crippen molar-refractivity contribution >= 4 is 15.9 Å². The highest BCUT2D eigenvalue weighted by atomic mass is 79.9. The van der Waals surface area contributed by atoms with Gasteiger partial charge >= 0.3 is 0 Å². The lowest BCUT2D eigenvalue weighted by Crippen LogP contribution is -2.20. The molecule has 2 nitrogen and oxygen atoms in total. The van der Waals surface area contributed by atoms with Crippen LogP contribution in [0.25, 0.3) is 0 Å². The molecule has 0 aliphatic rings. The fourth-order valence-electron chi connectivity index (χ4n) is 2.03. The van der Waals surface area contributed by atoms with Gasteiger partial charge in [0.05, 0.1) is 11.5 Å². The van der Waals surface area contributed by atoms with Crippen LogP contribution in [0.1, 0.15) is 31.1 Å². The number of ether oxygens (including phenoxy) is 1. The van der Waals surface area contributed by atoms with Crippen LogP contribution in [-0.2, 0) is 6.61 Å². The molecule has 0 spiro atoms. The van der Waals surface area contributed by atoms with E-state index in [2.05, 4.69) is 21.9 Å². The van der Waals surface area contributed by atoms with Crippen molar-refractivity contribution in [2.75, 3.05) is 0 Å². The summed E-state index contributed by atoms with van der Waals surface area (Å²) >= 11 is 3.46. The van der Waals surface area contributed by atoms with Crippen LogP contribution in [0.4, 0.5) is 0 Å². The highest BCUT2D eigenvalue weighted by Gasteiger charge is 2.28. The summed E-state index contributed by atoms with van der Waals surface area (Å²) in [6, 6.07) is 15.5. The van der Waals surface area contributed by atoms with Crippen LogP contribution in [0.3, 0.4) is 0 Å². The minimum absolute atomic E-state index is 0.483. The first-order valence-corrected chi connectivity index (χ1v) is 7.85. The molecule has 1 atom stereocenters. The van der Waals surface area contributed by atoms with Crippen LogP contribution in [0, 0.1) is 17.8 Å². The third kappa shape index (κ3) is 3.91. The van der Waals surface area contributed by atoms with Crippen molar-refractivity contribution in [1.29, 1.82) is 0 Å². The Kier molecular flexibility index (Phi) is 5.28. The number of aliphatic hydroxyl groups is 1. The van der Waals surface area contributed by atoms with E-state index in [1.807, 2.05) is 62.4 Å². The number of terminal acetylenes is 1. The molecule has 0 aliphatic heterocycles. The van der Waals surface area contributed by atoms with Crippen molar-refractivity contribution in [3.8, 4) is 18.1 Å². The van der Waals surface area contributed by atoms with Gasteiger partial charge in [0.15, 0.2) is 0 Å². The van der Waals surface area contributed by atoms with E-state index in [4.69, 9.17) is 11.2 Å². The normalized spacial score (nSPS) is 12.5. The van der Waals surface area contributed by atoms with Crippen LogP contribution < -0.4 is 4.74 Å². The zero-order chi connectivity index (χ0) is 16.2. The average molecular weight is 359 g/mol. The predicted molar refractivity (Wildman–Crippen MR) is 92.5 cm³/mol. The Labute approximate surface area is 140 Å². The van der Waals surface area contributed by atoms with E-state index in [0.717, 1.165) is 15.6 Å². The summed E-state index contributed by atoms with van der Waals surface area (Å²) in [7, 11) is 0. The largest absolute Gasteiger partial charge is 0.489 e. The molecular weight excluding hydrogens is 340 g/mol. The lowest BCUT2D eigenvalue weighted by atomic mass is 9.83. The minimum Gasteiger partial charge on any atom is -0.489 e. The maximum Gasteiger partial charge on any atom is 0.120 e. The summed E-state index contributed by atoms with van der Waals surface area (Å²) in [5.41, 5.74) is 1.17. The zero-order valence-corrected chi connectivity index (χ0v) is 14.3. The second-order valence-corrected chi connectivity index (χ2v) is 6.58. The minimum atomic E-state index is -0.771. The molecule has 0 amide bonds. The van der Waals surface area contributed by atoms with Gasteiger partial charge in [0.1, 0.15) is 12.4 Å². The fourth-order valence-corrected chi connectivity index (χ4v) is 2.49. The molecule has 0 saturated carbocycles. The third-order valence-corrected chi connectivity index (χ3v) is 4.29. The predicted octanol–water partition coefficient (Wildman–Crippen LogP) is 4.72. The van der Waals surface area contributed by atoms with Crippen LogP contribution in [-0.4, -0.2) is 5.11 Å². The molecule has 0 bridgehead atoms. The first-order valence-electron chi connectivity index (χ1n) is 7.06. The molecule has 0 saturated heterocycles. The Morgan fingerprint density at radius 1 is 1.23 bits per heavy atom. The van der Waals surface area contributed by atoms with Gasteiger partial charge in [0.25, 0.3) is 0 Å². The van der Waals surface area contributed by atoms with Gasteiger partial charge in [-0.05, 0) is 43.2 Å². The maximum atomic E-state index is 10.5. The van der Waals surface area contributed by atoms with E-state index in [9.17, 15) is 5.11 Å². The first kappa shape index (κ1) is 16.6. The SMILES string of the molecule is C#CC(C)(C)C(O)c1cc(OCc2ccccc2)ccc1Br. The molecule has 0 radical (unpaired) electrons. The molecule has 3 heteroatoms. The molecule has 2 aromatic rings. The Balaban J connectivity index is 2.18.